The summed E-state index contributed by atoms with van der Waals surface area (Å²) < 4.78 is 5.03. The van der Waals surface area contributed by atoms with E-state index in [1.165, 1.54) is 12.7 Å². The Labute approximate surface area is 158 Å². The van der Waals surface area contributed by atoms with Crippen LogP contribution in [0, 0.1) is 0 Å². The molecule has 0 radical (unpaired) electrons. The molecule has 1 fully saturated rings. The maximum atomic E-state index is 12.5. The van der Waals surface area contributed by atoms with Crippen molar-refractivity contribution in [2.75, 3.05) is 38.2 Å². The normalized spacial score (nSPS) is 21.2. The molecule has 1 saturated heterocycles. The lowest BCUT2D eigenvalue weighted by atomic mass is 9.94. The van der Waals surface area contributed by atoms with Crippen LogP contribution in [-0.4, -0.2) is 55.2 Å². The van der Waals surface area contributed by atoms with Gasteiger partial charge in [-0.2, -0.15) is 11.8 Å². The highest BCUT2D eigenvalue weighted by molar-refractivity contribution is 7.99. The Kier molecular flexibility index (Phi) is 6.21. The Balaban J connectivity index is 1.95. The lowest BCUT2D eigenvalue weighted by Crippen LogP contribution is -2.49. The Bertz CT molecular complexity index is 696. The van der Waals surface area contributed by atoms with Crippen molar-refractivity contribution in [2.45, 2.75) is 19.4 Å². The molecule has 140 valence electrons. The lowest BCUT2D eigenvalue weighted by molar-refractivity contribution is -0.136. The molecule has 0 unspecified atom stereocenters. The summed E-state index contributed by atoms with van der Waals surface area (Å²) in [6.07, 6.45) is 0.941. The molecule has 26 heavy (non-hydrogen) atoms. The molecular weight excluding hydrogens is 350 g/mol. The fourth-order valence-corrected chi connectivity index (χ4v) is 4.25. The van der Waals surface area contributed by atoms with Crippen LogP contribution in [0.2, 0.25) is 0 Å². The first-order valence-electron chi connectivity index (χ1n) is 8.90. The van der Waals surface area contributed by atoms with Gasteiger partial charge in [0.15, 0.2) is 0 Å². The van der Waals surface area contributed by atoms with Crippen molar-refractivity contribution in [3.63, 3.8) is 0 Å². The van der Waals surface area contributed by atoms with Gasteiger partial charge in [0.05, 0.1) is 18.7 Å². The topological polar surface area (TPSA) is 70.7 Å². The molecule has 7 heteroatoms. The fourth-order valence-electron chi connectivity index (χ4n) is 3.27. The lowest BCUT2D eigenvalue weighted by Gasteiger charge is -2.33. The molecule has 2 aliphatic rings. The second kappa shape index (κ2) is 8.60. The molecule has 1 aromatic rings. The highest BCUT2D eigenvalue weighted by Gasteiger charge is 2.34. The molecule has 2 aliphatic heterocycles. The molecule has 2 N–H and O–H groups in total. The molecule has 0 bridgehead atoms. The van der Waals surface area contributed by atoms with Gasteiger partial charge in [0.2, 0.25) is 0 Å². The van der Waals surface area contributed by atoms with Crippen molar-refractivity contribution in [3.05, 3.63) is 46.7 Å². The van der Waals surface area contributed by atoms with E-state index in [9.17, 15) is 9.59 Å². The molecule has 6 nitrogen and oxygen atoms in total. The monoisotopic (exact) mass is 375 g/mol. The van der Waals surface area contributed by atoms with Crippen molar-refractivity contribution in [1.82, 2.24) is 15.5 Å². The number of methoxy groups -OCH3 is 1. The van der Waals surface area contributed by atoms with Crippen molar-refractivity contribution >= 4 is 23.8 Å². The summed E-state index contributed by atoms with van der Waals surface area (Å²) in [7, 11) is 1.37. The molecule has 2 heterocycles. The van der Waals surface area contributed by atoms with E-state index >= 15 is 0 Å². The second-order valence-electron chi connectivity index (χ2n) is 6.40. The fraction of sp³-hybridized carbons (Fsp3) is 0.474. The Hall–Kier alpha value is -1.99. The van der Waals surface area contributed by atoms with Gasteiger partial charge in [-0.3, -0.25) is 4.90 Å². The largest absolute Gasteiger partial charge is 0.466 e. The number of thioether (sulfide) groups is 1. The summed E-state index contributed by atoms with van der Waals surface area (Å²) in [4.78, 5) is 27.0. The molecule has 1 aromatic carbocycles. The molecular formula is C19H25N3O3S. The number of rotatable bonds is 5. The average molecular weight is 375 g/mol. The minimum atomic E-state index is -0.503. The van der Waals surface area contributed by atoms with Gasteiger partial charge in [0, 0.05) is 36.8 Å². The van der Waals surface area contributed by atoms with Crippen LogP contribution in [0.25, 0.3) is 0 Å². The molecule has 0 spiro atoms. The first-order valence-corrected chi connectivity index (χ1v) is 10.1. The van der Waals surface area contributed by atoms with Crippen LogP contribution in [0.4, 0.5) is 4.79 Å². The van der Waals surface area contributed by atoms with Gasteiger partial charge < -0.3 is 15.4 Å². The summed E-state index contributed by atoms with van der Waals surface area (Å²) >= 11 is 1.92. The summed E-state index contributed by atoms with van der Waals surface area (Å²) in [5.74, 6) is 1.72. The smallest absolute Gasteiger partial charge is 0.338 e. The van der Waals surface area contributed by atoms with Crippen LogP contribution in [-0.2, 0) is 16.0 Å². The van der Waals surface area contributed by atoms with Crippen molar-refractivity contribution < 1.29 is 14.3 Å². The number of hydrogen-bond donors (Lipinski definition) is 2. The summed E-state index contributed by atoms with van der Waals surface area (Å²) in [6.45, 7) is 4.53. The number of carbonyl (C=O) groups excluding carboxylic acids is 2. The van der Waals surface area contributed by atoms with E-state index in [1.807, 2.05) is 36.0 Å². The number of amides is 2. The molecule has 0 aliphatic carbocycles. The summed E-state index contributed by atoms with van der Waals surface area (Å²) in [6, 6.07) is 7.19. The number of nitrogens with one attached hydrogen (secondary N) is 2. The molecule has 1 atom stereocenters. The van der Waals surface area contributed by atoms with E-state index in [1.54, 1.807) is 0 Å². The van der Waals surface area contributed by atoms with Crippen molar-refractivity contribution in [1.29, 1.82) is 0 Å². The average Bonchev–Trinajstić information content (AvgIpc) is 2.68. The van der Waals surface area contributed by atoms with Crippen LogP contribution in [0.1, 0.15) is 24.1 Å². The van der Waals surface area contributed by atoms with E-state index in [-0.39, 0.29) is 6.03 Å². The first kappa shape index (κ1) is 18.8. The zero-order chi connectivity index (χ0) is 18.5. The van der Waals surface area contributed by atoms with Gasteiger partial charge in [-0.1, -0.05) is 31.2 Å². The number of esters is 1. The molecule has 0 aromatic heterocycles. The molecule has 0 saturated carbocycles. The van der Waals surface area contributed by atoms with Crippen molar-refractivity contribution in [2.24, 2.45) is 0 Å². The first-order chi connectivity index (χ1) is 12.6. The molecule has 2 amide bonds. The van der Waals surface area contributed by atoms with E-state index in [0.717, 1.165) is 36.6 Å². The number of carbonyl (C=O) groups is 2. The maximum Gasteiger partial charge on any atom is 0.338 e. The Morgan fingerprint density at radius 3 is 2.58 bits per heavy atom. The van der Waals surface area contributed by atoms with Gasteiger partial charge in [0.25, 0.3) is 0 Å². The summed E-state index contributed by atoms with van der Waals surface area (Å²) in [5.41, 5.74) is 3.21. The van der Waals surface area contributed by atoms with Crippen LogP contribution in [0.15, 0.2) is 35.5 Å². The van der Waals surface area contributed by atoms with Gasteiger partial charge in [-0.15, -0.1) is 0 Å². The predicted molar refractivity (Wildman–Crippen MR) is 103 cm³/mol. The Morgan fingerprint density at radius 1 is 1.27 bits per heavy atom. The van der Waals surface area contributed by atoms with Crippen LogP contribution >= 0.6 is 11.8 Å². The van der Waals surface area contributed by atoms with Crippen molar-refractivity contribution in [3.8, 4) is 0 Å². The van der Waals surface area contributed by atoms with Gasteiger partial charge in [0.1, 0.15) is 0 Å². The Morgan fingerprint density at radius 2 is 1.96 bits per heavy atom. The quantitative estimate of drug-likeness (QED) is 0.771. The molecule has 3 rings (SSSR count). The number of nitrogens with zero attached hydrogens (tertiary/aromatic N) is 1. The number of hydrogen-bond acceptors (Lipinski definition) is 5. The van der Waals surface area contributed by atoms with Crippen LogP contribution < -0.4 is 10.6 Å². The number of benzene rings is 1. The minimum Gasteiger partial charge on any atom is -0.466 e. The van der Waals surface area contributed by atoms with E-state index in [4.69, 9.17) is 4.74 Å². The minimum absolute atomic E-state index is 0.288. The zero-order valence-electron chi connectivity index (χ0n) is 15.2. The van der Waals surface area contributed by atoms with Gasteiger partial charge in [-0.05, 0) is 17.5 Å². The van der Waals surface area contributed by atoms with Crippen LogP contribution in [0.3, 0.4) is 0 Å². The predicted octanol–water partition coefficient (Wildman–Crippen LogP) is 2.08. The second-order valence-corrected chi connectivity index (χ2v) is 7.62. The third-order valence-electron chi connectivity index (χ3n) is 4.77. The maximum absolute atomic E-state index is 12.5. The SMILES string of the molecule is CCc1ccc([C@@H]2NC(=O)NC(CN3CCSCC3)=C2C(=O)OC)cc1. The van der Waals surface area contributed by atoms with E-state index < -0.39 is 12.0 Å². The van der Waals surface area contributed by atoms with Gasteiger partial charge >= 0.3 is 12.0 Å². The standard InChI is InChI=1S/C19H25N3O3S/c1-3-13-4-6-14(7-5-13)17-16(18(23)25-2)15(20-19(24)21-17)12-22-8-10-26-11-9-22/h4-7,17H,3,8-12H2,1-2H3,(H2,20,21,24)/t17-/m0/s1. The van der Waals surface area contributed by atoms with Gasteiger partial charge in [-0.25, -0.2) is 9.59 Å². The third kappa shape index (κ3) is 4.22. The summed E-state index contributed by atoms with van der Waals surface area (Å²) in [5, 5.41) is 5.70. The highest BCUT2D eigenvalue weighted by atomic mass is 32.2. The van der Waals surface area contributed by atoms with E-state index in [2.05, 4.69) is 22.5 Å². The highest BCUT2D eigenvalue weighted by Crippen LogP contribution is 2.28. The third-order valence-corrected chi connectivity index (χ3v) is 5.71. The number of urea groups is 1. The van der Waals surface area contributed by atoms with Crippen LogP contribution in [0.5, 0.6) is 0 Å². The number of aryl methyl sites for hydroxylation is 1. The number of ether oxygens (including phenoxy) is 1. The van der Waals surface area contributed by atoms with E-state index in [0.29, 0.717) is 17.8 Å². The zero-order valence-corrected chi connectivity index (χ0v) is 16.0.